The molecule has 1 N–H and O–H groups in total. The van der Waals surface area contributed by atoms with Crippen LogP contribution in [-0.2, 0) is 9.53 Å². The third kappa shape index (κ3) is 3.03. The van der Waals surface area contributed by atoms with E-state index in [0.29, 0.717) is 0 Å². The van der Waals surface area contributed by atoms with Crippen molar-refractivity contribution in [3.05, 3.63) is 28.7 Å². The Bertz CT molecular complexity index is 310. The van der Waals surface area contributed by atoms with E-state index in [1.165, 1.54) is 7.11 Å². The van der Waals surface area contributed by atoms with Gasteiger partial charge in [0, 0.05) is 10.2 Å². The number of methoxy groups -OCH3 is 1. The third-order valence-electron chi connectivity index (χ3n) is 1.78. The van der Waals surface area contributed by atoms with Gasteiger partial charge in [-0.2, -0.15) is 0 Å². The second kappa shape index (κ2) is 5.00. The number of esters is 1. The number of benzene rings is 1. The summed E-state index contributed by atoms with van der Waals surface area (Å²) in [5.41, 5.74) is 0.895. The van der Waals surface area contributed by atoms with Crippen LogP contribution >= 0.6 is 15.9 Å². The van der Waals surface area contributed by atoms with Crippen molar-refractivity contribution in [3.63, 3.8) is 0 Å². The van der Waals surface area contributed by atoms with Gasteiger partial charge in [-0.3, -0.25) is 0 Å². The quantitative estimate of drug-likeness (QED) is 0.846. The molecule has 0 saturated carbocycles. The molecule has 1 atom stereocenters. The maximum Gasteiger partial charge on any atom is 0.327 e. The van der Waals surface area contributed by atoms with E-state index >= 15 is 0 Å². The lowest BCUT2D eigenvalue weighted by Gasteiger charge is -2.12. The molecule has 3 nitrogen and oxygen atoms in total. The maximum absolute atomic E-state index is 11.1. The van der Waals surface area contributed by atoms with Gasteiger partial charge in [0.05, 0.1) is 7.11 Å². The molecule has 0 heterocycles. The van der Waals surface area contributed by atoms with Crippen LogP contribution in [0.25, 0.3) is 0 Å². The molecule has 0 saturated heterocycles. The number of halogens is 1. The van der Waals surface area contributed by atoms with Gasteiger partial charge < -0.3 is 10.1 Å². The predicted octanol–water partition coefficient (Wildman–Crippen LogP) is 2.42. The van der Waals surface area contributed by atoms with Crippen molar-refractivity contribution in [2.75, 3.05) is 12.4 Å². The van der Waals surface area contributed by atoms with Gasteiger partial charge in [0.15, 0.2) is 0 Å². The summed E-state index contributed by atoms with van der Waals surface area (Å²) in [6.07, 6.45) is 0. The zero-order valence-electron chi connectivity index (χ0n) is 8.08. The zero-order chi connectivity index (χ0) is 10.6. The molecule has 0 aromatic heterocycles. The van der Waals surface area contributed by atoms with Crippen LogP contribution in [0, 0.1) is 0 Å². The highest BCUT2D eigenvalue weighted by molar-refractivity contribution is 9.10. The Hall–Kier alpha value is -1.03. The summed E-state index contributed by atoms with van der Waals surface area (Å²) in [6, 6.07) is 7.27. The summed E-state index contributed by atoms with van der Waals surface area (Å²) >= 11 is 3.33. The Morgan fingerprint density at radius 2 is 2.00 bits per heavy atom. The fourth-order valence-electron chi connectivity index (χ4n) is 1.03. The molecule has 1 aromatic carbocycles. The van der Waals surface area contributed by atoms with E-state index in [4.69, 9.17) is 0 Å². The summed E-state index contributed by atoms with van der Waals surface area (Å²) in [4.78, 5) is 11.1. The number of hydrogen-bond acceptors (Lipinski definition) is 3. The summed E-state index contributed by atoms with van der Waals surface area (Å²) in [5.74, 6) is -0.270. The van der Waals surface area contributed by atoms with Crippen LogP contribution in [-0.4, -0.2) is 19.1 Å². The Labute approximate surface area is 91.6 Å². The summed E-state index contributed by atoms with van der Waals surface area (Å²) in [5, 5.41) is 3.02. The Morgan fingerprint density at radius 3 is 2.50 bits per heavy atom. The molecular weight excluding hydrogens is 246 g/mol. The summed E-state index contributed by atoms with van der Waals surface area (Å²) < 4.78 is 5.61. The first-order valence-electron chi connectivity index (χ1n) is 4.23. The monoisotopic (exact) mass is 257 g/mol. The fraction of sp³-hybridized carbons (Fsp3) is 0.300. The normalized spacial score (nSPS) is 11.9. The van der Waals surface area contributed by atoms with Crippen LogP contribution < -0.4 is 5.32 Å². The van der Waals surface area contributed by atoms with Crippen molar-refractivity contribution < 1.29 is 9.53 Å². The van der Waals surface area contributed by atoms with Crippen LogP contribution in [0.3, 0.4) is 0 Å². The number of nitrogens with one attached hydrogen (secondary N) is 1. The van der Waals surface area contributed by atoms with Gasteiger partial charge in [0.1, 0.15) is 6.04 Å². The molecule has 1 aromatic rings. The summed E-state index contributed by atoms with van der Waals surface area (Å²) in [6.45, 7) is 1.76. The molecule has 14 heavy (non-hydrogen) atoms. The van der Waals surface area contributed by atoms with Gasteiger partial charge in [0.2, 0.25) is 0 Å². The lowest BCUT2D eigenvalue weighted by molar-refractivity contribution is -0.141. The SMILES string of the molecule is COC(=O)C(C)Nc1ccc(Br)cc1. The van der Waals surface area contributed by atoms with Crippen LogP contribution in [0.15, 0.2) is 28.7 Å². The molecule has 1 rings (SSSR count). The van der Waals surface area contributed by atoms with Crippen molar-refractivity contribution in [1.29, 1.82) is 0 Å². The number of carbonyl (C=O) groups is 1. The number of ether oxygens (including phenoxy) is 1. The van der Waals surface area contributed by atoms with E-state index in [1.54, 1.807) is 6.92 Å². The smallest absolute Gasteiger partial charge is 0.327 e. The molecule has 0 radical (unpaired) electrons. The highest BCUT2D eigenvalue weighted by Gasteiger charge is 2.11. The first-order chi connectivity index (χ1) is 6.63. The standard InChI is InChI=1S/C10H12BrNO2/c1-7(10(13)14-2)12-9-5-3-8(11)4-6-9/h3-7,12H,1-2H3. The lowest BCUT2D eigenvalue weighted by atomic mass is 10.2. The minimum Gasteiger partial charge on any atom is -0.467 e. The summed E-state index contributed by atoms with van der Waals surface area (Å²) in [7, 11) is 1.38. The maximum atomic E-state index is 11.1. The van der Waals surface area contributed by atoms with Crippen molar-refractivity contribution in [2.45, 2.75) is 13.0 Å². The largest absolute Gasteiger partial charge is 0.467 e. The topological polar surface area (TPSA) is 38.3 Å². The second-order valence-electron chi connectivity index (χ2n) is 2.90. The molecule has 0 bridgehead atoms. The van der Waals surface area contributed by atoms with Gasteiger partial charge >= 0.3 is 5.97 Å². The molecule has 0 aliphatic carbocycles. The molecule has 76 valence electrons. The van der Waals surface area contributed by atoms with E-state index in [9.17, 15) is 4.79 Å². The number of carbonyl (C=O) groups excluding carboxylic acids is 1. The van der Waals surface area contributed by atoms with Gasteiger partial charge in [0.25, 0.3) is 0 Å². The predicted molar refractivity (Wildman–Crippen MR) is 59.2 cm³/mol. The molecule has 0 aliphatic rings. The lowest BCUT2D eigenvalue weighted by Crippen LogP contribution is -2.27. The molecule has 0 amide bonds. The van der Waals surface area contributed by atoms with Crippen molar-refractivity contribution in [2.24, 2.45) is 0 Å². The van der Waals surface area contributed by atoms with E-state index in [-0.39, 0.29) is 12.0 Å². The van der Waals surface area contributed by atoms with E-state index in [0.717, 1.165) is 10.2 Å². The first-order valence-corrected chi connectivity index (χ1v) is 5.02. The highest BCUT2D eigenvalue weighted by Crippen LogP contribution is 2.14. The first kappa shape index (κ1) is 11.0. The minimum atomic E-state index is -0.332. The fourth-order valence-corrected chi connectivity index (χ4v) is 1.30. The van der Waals surface area contributed by atoms with Crippen molar-refractivity contribution >= 4 is 27.6 Å². The van der Waals surface area contributed by atoms with Crippen LogP contribution in [0.2, 0.25) is 0 Å². The van der Waals surface area contributed by atoms with Gasteiger partial charge in [-0.05, 0) is 31.2 Å². The Kier molecular flexibility index (Phi) is 3.95. The zero-order valence-corrected chi connectivity index (χ0v) is 9.67. The number of rotatable bonds is 3. The minimum absolute atomic E-state index is 0.270. The van der Waals surface area contributed by atoms with E-state index in [2.05, 4.69) is 26.0 Å². The molecule has 0 aliphatic heterocycles. The molecule has 1 unspecified atom stereocenters. The second-order valence-corrected chi connectivity index (χ2v) is 3.81. The average Bonchev–Trinajstić information content (AvgIpc) is 2.20. The van der Waals surface area contributed by atoms with Crippen LogP contribution in [0.5, 0.6) is 0 Å². The highest BCUT2D eigenvalue weighted by atomic mass is 79.9. The molecule has 0 spiro atoms. The number of hydrogen-bond donors (Lipinski definition) is 1. The van der Waals surface area contributed by atoms with Crippen LogP contribution in [0.4, 0.5) is 5.69 Å². The Balaban J connectivity index is 2.60. The van der Waals surface area contributed by atoms with Gasteiger partial charge in [-0.1, -0.05) is 15.9 Å². The van der Waals surface area contributed by atoms with Crippen LogP contribution in [0.1, 0.15) is 6.92 Å². The van der Waals surface area contributed by atoms with E-state index in [1.807, 2.05) is 24.3 Å². The molecule has 4 heteroatoms. The number of anilines is 1. The van der Waals surface area contributed by atoms with E-state index < -0.39 is 0 Å². The van der Waals surface area contributed by atoms with Crippen molar-refractivity contribution in [3.8, 4) is 0 Å². The van der Waals surface area contributed by atoms with Gasteiger partial charge in [-0.15, -0.1) is 0 Å². The Morgan fingerprint density at radius 1 is 1.43 bits per heavy atom. The average molecular weight is 258 g/mol. The molecule has 0 fully saturated rings. The van der Waals surface area contributed by atoms with Gasteiger partial charge in [-0.25, -0.2) is 4.79 Å². The molecular formula is C10H12BrNO2. The van der Waals surface area contributed by atoms with Crippen molar-refractivity contribution in [1.82, 2.24) is 0 Å². The third-order valence-corrected chi connectivity index (χ3v) is 2.31.